The molecule has 6 heteroatoms. The summed E-state index contributed by atoms with van der Waals surface area (Å²) in [5, 5.41) is 2.99. The van der Waals surface area contributed by atoms with E-state index in [4.69, 9.17) is 0 Å². The molecule has 0 radical (unpaired) electrons. The fourth-order valence-corrected chi connectivity index (χ4v) is 4.08. The van der Waals surface area contributed by atoms with Crippen LogP contribution in [0.1, 0.15) is 12.5 Å². The van der Waals surface area contributed by atoms with E-state index in [-0.39, 0.29) is 5.91 Å². The summed E-state index contributed by atoms with van der Waals surface area (Å²) in [6.45, 7) is 9.73. The van der Waals surface area contributed by atoms with Crippen LogP contribution >= 0.6 is 31.9 Å². The molecule has 0 unspecified atom stereocenters. The molecule has 0 saturated carbocycles. The smallest absolute Gasteiger partial charge is 0.238 e. The molecule has 1 aromatic rings. The summed E-state index contributed by atoms with van der Waals surface area (Å²) in [5.74, 6) is 0.0326. The highest BCUT2D eigenvalue weighted by atomic mass is 79.9. The molecule has 1 fully saturated rings. The molecular weight excluding hydrogens is 398 g/mol. The Balaban J connectivity index is 1.91. The standard InChI is InChI=1S/C15H21Br2N3O/c1-3-19-4-6-20(7-5-19)10-14(21)18-15-12(16)8-11(2)9-13(15)17/h8-9H,3-7,10H2,1-2H3,(H,18,21). The van der Waals surface area contributed by atoms with Crippen LogP contribution in [0.25, 0.3) is 0 Å². The van der Waals surface area contributed by atoms with Crippen molar-refractivity contribution in [1.29, 1.82) is 0 Å². The highest BCUT2D eigenvalue weighted by molar-refractivity contribution is 9.11. The number of halogens is 2. The van der Waals surface area contributed by atoms with E-state index in [0.29, 0.717) is 6.54 Å². The molecule has 1 heterocycles. The van der Waals surface area contributed by atoms with Gasteiger partial charge < -0.3 is 10.2 Å². The molecule has 0 bridgehead atoms. The van der Waals surface area contributed by atoms with Crippen molar-refractivity contribution in [3.63, 3.8) is 0 Å². The normalized spacial score (nSPS) is 17.0. The van der Waals surface area contributed by atoms with Gasteiger partial charge in [-0.15, -0.1) is 0 Å². The van der Waals surface area contributed by atoms with Crippen LogP contribution in [0.4, 0.5) is 5.69 Å². The van der Waals surface area contributed by atoms with Gasteiger partial charge in [-0.05, 0) is 63.0 Å². The van der Waals surface area contributed by atoms with Crippen LogP contribution < -0.4 is 5.32 Å². The Morgan fingerprint density at radius 1 is 1.14 bits per heavy atom. The van der Waals surface area contributed by atoms with E-state index in [1.165, 1.54) is 0 Å². The number of aryl methyl sites for hydroxylation is 1. The highest BCUT2D eigenvalue weighted by Crippen LogP contribution is 2.32. The van der Waals surface area contributed by atoms with Crippen LogP contribution in [0.2, 0.25) is 0 Å². The SMILES string of the molecule is CCN1CCN(CC(=O)Nc2c(Br)cc(C)cc2Br)CC1. The van der Waals surface area contributed by atoms with Gasteiger partial charge in [0, 0.05) is 35.1 Å². The summed E-state index contributed by atoms with van der Waals surface area (Å²) >= 11 is 7.01. The van der Waals surface area contributed by atoms with Crippen LogP contribution in [0.5, 0.6) is 0 Å². The zero-order valence-corrected chi connectivity index (χ0v) is 15.6. The molecule has 116 valence electrons. The quantitative estimate of drug-likeness (QED) is 0.815. The summed E-state index contributed by atoms with van der Waals surface area (Å²) in [5.41, 5.74) is 1.94. The Bertz CT molecular complexity index is 491. The maximum atomic E-state index is 12.2. The molecular formula is C15H21Br2N3O. The van der Waals surface area contributed by atoms with Gasteiger partial charge in [-0.3, -0.25) is 9.69 Å². The highest BCUT2D eigenvalue weighted by Gasteiger charge is 2.18. The number of likely N-dealkylation sites (N-methyl/N-ethyl adjacent to an activating group) is 1. The summed E-state index contributed by atoms with van der Waals surface area (Å²) in [6.07, 6.45) is 0. The molecule has 0 atom stereocenters. The fraction of sp³-hybridized carbons (Fsp3) is 0.533. The van der Waals surface area contributed by atoms with Crippen LogP contribution in [0.3, 0.4) is 0 Å². The molecule has 2 rings (SSSR count). The van der Waals surface area contributed by atoms with Gasteiger partial charge in [0.15, 0.2) is 0 Å². The molecule has 0 spiro atoms. The molecule has 1 aliphatic heterocycles. The molecule has 1 aliphatic rings. The topological polar surface area (TPSA) is 35.6 Å². The van der Waals surface area contributed by atoms with Gasteiger partial charge in [0.1, 0.15) is 0 Å². The molecule has 4 nitrogen and oxygen atoms in total. The van der Waals surface area contributed by atoms with Crippen molar-refractivity contribution >= 4 is 43.5 Å². The first-order valence-corrected chi connectivity index (χ1v) is 8.78. The van der Waals surface area contributed by atoms with Crippen molar-refractivity contribution in [1.82, 2.24) is 9.80 Å². The molecule has 21 heavy (non-hydrogen) atoms. The van der Waals surface area contributed by atoms with Crippen LogP contribution in [-0.4, -0.2) is 55.0 Å². The van der Waals surface area contributed by atoms with Crippen LogP contribution in [0, 0.1) is 6.92 Å². The average molecular weight is 419 g/mol. The predicted molar refractivity (Wildman–Crippen MR) is 93.8 cm³/mol. The molecule has 1 N–H and O–H groups in total. The van der Waals surface area contributed by atoms with Crippen LogP contribution in [0.15, 0.2) is 21.1 Å². The predicted octanol–water partition coefficient (Wildman–Crippen LogP) is 3.10. The zero-order chi connectivity index (χ0) is 15.4. The third kappa shape index (κ3) is 4.77. The summed E-state index contributed by atoms with van der Waals surface area (Å²) in [7, 11) is 0. The minimum atomic E-state index is 0.0326. The summed E-state index contributed by atoms with van der Waals surface area (Å²) in [6, 6.07) is 4.00. The maximum Gasteiger partial charge on any atom is 0.238 e. The second kappa shape index (κ2) is 7.72. The third-order valence-electron chi connectivity index (χ3n) is 3.73. The van der Waals surface area contributed by atoms with E-state index in [1.807, 2.05) is 19.1 Å². The number of hydrogen-bond donors (Lipinski definition) is 1. The number of piperazine rings is 1. The number of rotatable bonds is 4. The van der Waals surface area contributed by atoms with E-state index < -0.39 is 0 Å². The van der Waals surface area contributed by atoms with Gasteiger partial charge in [-0.25, -0.2) is 0 Å². The number of hydrogen-bond acceptors (Lipinski definition) is 3. The zero-order valence-electron chi connectivity index (χ0n) is 12.5. The Labute approximate surface area is 143 Å². The van der Waals surface area contributed by atoms with Crippen molar-refractivity contribution in [2.75, 3.05) is 44.6 Å². The lowest BCUT2D eigenvalue weighted by Gasteiger charge is -2.33. The monoisotopic (exact) mass is 417 g/mol. The number of nitrogens with zero attached hydrogens (tertiary/aromatic N) is 2. The maximum absolute atomic E-state index is 12.2. The van der Waals surface area contributed by atoms with Gasteiger partial charge >= 0.3 is 0 Å². The lowest BCUT2D eigenvalue weighted by atomic mass is 10.2. The van der Waals surface area contributed by atoms with Crippen molar-refractivity contribution in [3.8, 4) is 0 Å². The average Bonchev–Trinajstić information content (AvgIpc) is 2.43. The molecule has 1 amide bonds. The van der Waals surface area contributed by atoms with Gasteiger partial charge in [0.05, 0.1) is 12.2 Å². The second-order valence-electron chi connectivity index (χ2n) is 5.36. The Morgan fingerprint density at radius 3 is 2.19 bits per heavy atom. The number of amides is 1. The van der Waals surface area contributed by atoms with Crippen LogP contribution in [-0.2, 0) is 4.79 Å². The van der Waals surface area contributed by atoms with Crippen molar-refractivity contribution in [3.05, 3.63) is 26.6 Å². The lowest BCUT2D eigenvalue weighted by molar-refractivity contribution is -0.117. The third-order valence-corrected chi connectivity index (χ3v) is 4.98. The van der Waals surface area contributed by atoms with E-state index in [1.54, 1.807) is 0 Å². The van der Waals surface area contributed by atoms with E-state index >= 15 is 0 Å². The first kappa shape index (κ1) is 16.9. The minimum absolute atomic E-state index is 0.0326. The Hall–Kier alpha value is -0.430. The summed E-state index contributed by atoms with van der Waals surface area (Å²) < 4.78 is 1.80. The van der Waals surface area contributed by atoms with Crippen molar-refractivity contribution in [2.24, 2.45) is 0 Å². The van der Waals surface area contributed by atoms with E-state index in [2.05, 4.69) is 53.9 Å². The molecule has 1 saturated heterocycles. The Kier molecular flexibility index (Phi) is 6.22. The second-order valence-corrected chi connectivity index (χ2v) is 7.07. The van der Waals surface area contributed by atoms with Crippen molar-refractivity contribution in [2.45, 2.75) is 13.8 Å². The number of anilines is 1. The van der Waals surface area contributed by atoms with Crippen molar-refractivity contribution < 1.29 is 4.79 Å². The Morgan fingerprint density at radius 2 is 1.67 bits per heavy atom. The number of benzene rings is 1. The number of carbonyl (C=O) groups excluding carboxylic acids is 1. The van der Waals surface area contributed by atoms with Gasteiger partial charge in [-0.2, -0.15) is 0 Å². The summed E-state index contributed by atoms with van der Waals surface area (Å²) in [4.78, 5) is 16.8. The molecule has 0 aliphatic carbocycles. The fourth-order valence-electron chi connectivity index (χ4n) is 2.46. The lowest BCUT2D eigenvalue weighted by Crippen LogP contribution is -2.48. The van der Waals surface area contributed by atoms with Gasteiger partial charge in [0.2, 0.25) is 5.91 Å². The van der Waals surface area contributed by atoms with E-state index in [0.717, 1.165) is 52.9 Å². The van der Waals surface area contributed by atoms with E-state index in [9.17, 15) is 4.79 Å². The minimum Gasteiger partial charge on any atom is -0.323 e. The van der Waals surface area contributed by atoms with Gasteiger partial charge in [0.25, 0.3) is 0 Å². The molecule has 1 aromatic carbocycles. The van der Waals surface area contributed by atoms with Gasteiger partial charge in [-0.1, -0.05) is 6.92 Å². The molecule has 0 aromatic heterocycles. The number of nitrogens with one attached hydrogen (secondary N) is 1. The first-order valence-electron chi connectivity index (χ1n) is 7.19. The first-order chi connectivity index (χ1) is 9.99. The largest absolute Gasteiger partial charge is 0.323 e. The number of carbonyl (C=O) groups is 1.